The van der Waals surface area contributed by atoms with E-state index in [9.17, 15) is 13.2 Å². The second kappa shape index (κ2) is 5.17. The highest BCUT2D eigenvalue weighted by atomic mass is 19.4. The van der Waals surface area contributed by atoms with Crippen molar-refractivity contribution >= 4 is 0 Å². The lowest BCUT2D eigenvalue weighted by atomic mass is 9.82. The molecule has 0 bridgehead atoms. The van der Waals surface area contributed by atoms with Crippen LogP contribution in [0.25, 0.3) is 0 Å². The Morgan fingerprint density at radius 3 is 2.41 bits per heavy atom. The van der Waals surface area contributed by atoms with Crippen LogP contribution in [0, 0.1) is 11.8 Å². The molecule has 17 heavy (non-hydrogen) atoms. The van der Waals surface area contributed by atoms with Gasteiger partial charge in [-0.25, -0.2) is 0 Å². The maximum Gasteiger partial charge on any atom is 0.390 e. The van der Waals surface area contributed by atoms with Gasteiger partial charge in [-0.3, -0.25) is 0 Å². The summed E-state index contributed by atoms with van der Waals surface area (Å²) in [6.07, 6.45) is 2.53. The minimum atomic E-state index is -4.04. The highest BCUT2D eigenvalue weighted by Gasteiger charge is 2.36. The average molecular weight is 249 g/mol. The average Bonchev–Trinajstić information content (AvgIpc) is 2.97. The summed E-state index contributed by atoms with van der Waals surface area (Å²) in [5.41, 5.74) is 0. The molecular weight excluding hydrogens is 227 g/mol. The van der Waals surface area contributed by atoms with Gasteiger partial charge in [0.15, 0.2) is 0 Å². The Balaban J connectivity index is 1.74. The van der Waals surface area contributed by atoms with Gasteiger partial charge in [-0.1, -0.05) is 12.8 Å². The van der Waals surface area contributed by atoms with Crippen molar-refractivity contribution in [2.45, 2.75) is 70.1 Å². The summed E-state index contributed by atoms with van der Waals surface area (Å²) in [5, 5.41) is 3.17. The van der Waals surface area contributed by atoms with Crippen molar-refractivity contribution in [2.24, 2.45) is 11.8 Å². The SMILES string of the molecule is CC(CC(F)(F)F)NC1CCCC(C2CC2)C1. The number of hydrogen-bond donors (Lipinski definition) is 1. The van der Waals surface area contributed by atoms with Gasteiger partial charge in [0.25, 0.3) is 0 Å². The topological polar surface area (TPSA) is 12.0 Å². The van der Waals surface area contributed by atoms with Crippen LogP contribution >= 0.6 is 0 Å². The largest absolute Gasteiger partial charge is 0.390 e. The summed E-state index contributed by atoms with van der Waals surface area (Å²) in [5.74, 6) is 1.66. The maximum absolute atomic E-state index is 12.2. The van der Waals surface area contributed by atoms with Crippen LogP contribution in [0.15, 0.2) is 0 Å². The summed E-state index contributed by atoms with van der Waals surface area (Å²) < 4.78 is 36.7. The Morgan fingerprint density at radius 2 is 1.82 bits per heavy atom. The predicted molar refractivity (Wildman–Crippen MR) is 61.7 cm³/mol. The van der Waals surface area contributed by atoms with Gasteiger partial charge in [-0.05, 0) is 44.4 Å². The van der Waals surface area contributed by atoms with E-state index < -0.39 is 18.6 Å². The quantitative estimate of drug-likeness (QED) is 0.797. The molecule has 2 rings (SSSR count). The minimum Gasteiger partial charge on any atom is -0.311 e. The fourth-order valence-corrected chi connectivity index (χ4v) is 3.18. The van der Waals surface area contributed by atoms with Gasteiger partial charge in [0.2, 0.25) is 0 Å². The molecular formula is C13H22F3N. The zero-order valence-electron chi connectivity index (χ0n) is 10.4. The lowest BCUT2D eigenvalue weighted by molar-refractivity contribution is -0.139. The Bertz CT molecular complexity index is 248. The molecule has 0 spiro atoms. The molecule has 2 fully saturated rings. The summed E-state index contributed by atoms with van der Waals surface area (Å²) in [4.78, 5) is 0. The lowest BCUT2D eigenvalue weighted by Crippen LogP contribution is -2.41. The van der Waals surface area contributed by atoms with E-state index in [2.05, 4.69) is 5.32 Å². The van der Waals surface area contributed by atoms with Crippen molar-refractivity contribution in [1.29, 1.82) is 0 Å². The molecule has 1 N–H and O–H groups in total. The van der Waals surface area contributed by atoms with E-state index in [0.29, 0.717) is 6.04 Å². The van der Waals surface area contributed by atoms with Crippen molar-refractivity contribution in [2.75, 3.05) is 0 Å². The Labute approximate surface area is 101 Å². The zero-order valence-corrected chi connectivity index (χ0v) is 10.4. The second-order valence-electron chi connectivity index (χ2n) is 5.85. The van der Waals surface area contributed by atoms with Gasteiger partial charge in [0.1, 0.15) is 0 Å². The van der Waals surface area contributed by atoms with Crippen LogP contribution in [0.3, 0.4) is 0 Å². The molecule has 0 amide bonds. The minimum absolute atomic E-state index is 0.312. The van der Waals surface area contributed by atoms with Crippen molar-refractivity contribution in [1.82, 2.24) is 5.32 Å². The zero-order chi connectivity index (χ0) is 12.5. The molecule has 2 aliphatic carbocycles. The van der Waals surface area contributed by atoms with Crippen LogP contribution in [0.1, 0.15) is 51.9 Å². The monoisotopic (exact) mass is 249 g/mol. The molecule has 100 valence electrons. The van der Waals surface area contributed by atoms with Crippen LogP contribution in [-0.4, -0.2) is 18.3 Å². The van der Waals surface area contributed by atoms with E-state index in [1.807, 2.05) is 0 Å². The lowest BCUT2D eigenvalue weighted by Gasteiger charge is -2.32. The van der Waals surface area contributed by atoms with Crippen molar-refractivity contribution in [3.63, 3.8) is 0 Å². The first kappa shape index (κ1) is 13.2. The predicted octanol–water partition coefficient (Wildman–Crippen LogP) is 3.89. The standard InChI is InChI=1S/C13H22F3N/c1-9(8-13(14,15)16)17-12-4-2-3-11(7-12)10-5-6-10/h9-12,17H,2-8H2,1H3. The first-order valence-corrected chi connectivity index (χ1v) is 6.77. The number of hydrogen-bond acceptors (Lipinski definition) is 1. The Morgan fingerprint density at radius 1 is 1.12 bits per heavy atom. The molecule has 3 atom stereocenters. The molecule has 0 aromatic rings. The van der Waals surface area contributed by atoms with Crippen LogP contribution < -0.4 is 5.32 Å². The molecule has 4 heteroatoms. The maximum atomic E-state index is 12.2. The fourth-order valence-electron chi connectivity index (χ4n) is 3.18. The van der Waals surface area contributed by atoms with Gasteiger partial charge >= 0.3 is 6.18 Å². The molecule has 1 nitrogen and oxygen atoms in total. The highest BCUT2D eigenvalue weighted by Crippen LogP contribution is 2.44. The molecule has 0 radical (unpaired) electrons. The van der Waals surface area contributed by atoms with Crippen LogP contribution in [-0.2, 0) is 0 Å². The first-order chi connectivity index (χ1) is 7.94. The van der Waals surface area contributed by atoms with E-state index in [0.717, 1.165) is 24.7 Å². The second-order valence-corrected chi connectivity index (χ2v) is 5.85. The van der Waals surface area contributed by atoms with Crippen LogP contribution in [0.4, 0.5) is 13.2 Å². The van der Waals surface area contributed by atoms with Gasteiger partial charge in [0.05, 0.1) is 6.42 Å². The fraction of sp³-hybridized carbons (Fsp3) is 1.00. The van der Waals surface area contributed by atoms with Gasteiger partial charge < -0.3 is 5.32 Å². The molecule has 0 aliphatic heterocycles. The molecule has 0 aromatic carbocycles. The summed E-state index contributed by atoms with van der Waals surface area (Å²) in [6, 6.07) is -0.135. The summed E-state index contributed by atoms with van der Waals surface area (Å²) >= 11 is 0. The summed E-state index contributed by atoms with van der Waals surface area (Å²) in [6.45, 7) is 1.65. The van der Waals surface area contributed by atoms with E-state index >= 15 is 0 Å². The Kier molecular flexibility index (Phi) is 4.01. The number of nitrogens with one attached hydrogen (secondary N) is 1. The van der Waals surface area contributed by atoms with E-state index in [4.69, 9.17) is 0 Å². The number of halogens is 3. The number of rotatable bonds is 4. The molecule has 0 saturated heterocycles. The normalized spacial score (nSPS) is 32.5. The van der Waals surface area contributed by atoms with Crippen molar-refractivity contribution in [3.8, 4) is 0 Å². The Hall–Kier alpha value is -0.250. The molecule has 0 heterocycles. The van der Waals surface area contributed by atoms with Gasteiger partial charge in [-0.15, -0.1) is 0 Å². The van der Waals surface area contributed by atoms with Crippen molar-refractivity contribution in [3.05, 3.63) is 0 Å². The van der Waals surface area contributed by atoms with Crippen LogP contribution in [0.2, 0.25) is 0 Å². The molecule has 3 unspecified atom stereocenters. The van der Waals surface area contributed by atoms with Crippen molar-refractivity contribution < 1.29 is 13.2 Å². The third-order valence-corrected chi connectivity index (χ3v) is 4.06. The smallest absolute Gasteiger partial charge is 0.311 e. The summed E-state index contributed by atoms with van der Waals surface area (Å²) in [7, 11) is 0. The van der Waals surface area contributed by atoms with Crippen LogP contribution in [0.5, 0.6) is 0 Å². The van der Waals surface area contributed by atoms with Gasteiger partial charge in [-0.2, -0.15) is 13.2 Å². The highest BCUT2D eigenvalue weighted by molar-refractivity contribution is 4.88. The van der Waals surface area contributed by atoms with E-state index in [-0.39, 0.29) is 0 Å². The van der Waals surface area contributed by atoms with E-state index in [1.54, 1.807) is 6.92 Å². The third-order valence-electron chi connectivity index (χ3n) is 4.06. The van der Waals surface area contributed by atoms with E-state index in [1.165, 1.54) is 25.7 Å². The number of alkyl halides is 3. The molecule has 2 saturated carbocycles. The van der Waals surface area contributed by atoms with Gasteiger partial charge in [0, 0.05) is 12.1 Å². The third kappa shape index (κ3) is 4.49. The first-order valence-electron chi connectivity index (χ1n) is 6.77. The molecule has 2 aliphatic rings. The molecule has 0 aromatic heterocycles.